The van der Waals surface area contributed by atoms with Gasteiger partial charge in [0.1, 0.15) is 0 Å². The van der Waals surface area contributed by atoms with Crippen LogP contribution in [0.3, 0.4) is 0 Å². The summed E-state index contributed by atoms with van der Waals surface area (Å²) in [5, 5.41) is 8.78. The van der Waals surface area contributed by atoms with Crippen molar-refractivity contribution in [3.8, 4) is 0 Å². The Morgan fingerprint density at radius 3 is 2.74 bits per heavy atom. The first-order valence-corrected chi connectivity index (χ1v) is 6.29. The molecule has 2 rings (SSSR count). The van der Waals surface area contributed by atoms with Crippen LogP contribution in [0.2, 0.25) is 0 Å². The minimum absolute atomic E-state index is 0.0482. The molecule has 7 heteroatoms. The molecule has 1 atom stereocenters. The third kappa shape index (κ3) is 2.93. The molecule has 1 aliphatic rings. The van der Waals surface area contributed by atoms with Crippen LogP contribution in [0.5, 0.6) is 0 Å². The fourth-order valence-electron chi connectivity index (χ4n) is 1.93. The van der Waals surface area contributed by atoms with Crippen molar-refractivity contribution in [2.24, 2.45) is 5.92 Å². The molecule has 1 aliphatic heterocycles. The van der Waals surface area contributed by atoms with E-state index in [4.69, 9.17) is 5.11 Å². The average molecular weight is 328 g/mol. The summed E-state index contributed by atoms with van der Waals surface area (Å²) in [4.78, 5) is 37.9. The molecule has 0 saturated carbocycles. The Morgan fingerprint density at radius 1 is 1.42 bits per heavy atom. The van der Waals surface area contributed by atoms with Gasteiger partial charge in [-0.25, -0.2) is 4.79 Å². The molecule has 0 radical (unpaired) electrons. The molecule has 1 N–H and O–H groups in total. The number of carboxylic acid groups (broad SMARTS) is 1. The number of carbonyl (C=O) groups is 3. The van der Waals surface area contributed by atoms with Gasteiger partial charge >= 0.3 is 6.16 Å². The molecule has 0 spiro atoms. The van der Waals surface area contributed by atoms with Crippen LogP contribution >= 0.6 is 15.9 Å². The van der Waals surface area contributed by atoms with Crippen molar-refractivity contribution >= 4 is 33.9 Å². The van der Waals surface area contributed by atoms with Gasteiger partial charge in [-0.15, -0.1) is 0 Å². The molecular weight excluding hydrogens is 318 g/mol. The lowest BCUT2D eigenvalue weighted by molar-refractivity contribution is -0.176. The number of carbonyl (C=O) groups excluding carboxylic acids is 2. The zero-order valence-corrected chi connectivity index (χ0v) is 11.3. The van der Waals surface area contributed by atoms with Crippen LogP contribution in [0.1, 0.15) is 12.0 Å². The number of nitrogens with zero attached hydrogens (tertiary/aromatic N) is 1. The number of halogens is 1. The van der Waals surface area contributed by atoms with E-state index < -0.39 is 23.9 Å². The Balaban J connectivity index is 2.11. The molecule has 19 heavy (non-hydrogen) atoms. The van der Waals surface area contributed by atoms with Gasteiger partial charge in [0.25, 0.3) is 11.8 Å². The summed E-state index contributed by atoms with van der Waals surface area (Å²) in [6, 6.07) is 7.34. The third-order valence-corrected chi connectivity index (χ3v) is 3.56. The van der Waals surface area contributed by atoms with E-state index in [-0.39, 0.29) is 6.42 Å². The maximum Gasteiger partial charge on any atom is 0.531 e. The minimum atomic E-state index is -1.68. The molecule has 1 aromatic rings. The maximum absolute atomic E-state index is 11.9. The molecule has 1 fully saturated rings. The smallest absolute Gasteiger partial charge is 0.448 e. The zero-order valence-electron chi connectivity index (χ0n) is 9.71. The van der Waals surface area contributed by atoms with Crippen LogP contribution in [-0.4, -0.2) is 28.1 Å². The first kappa shape index (κ1) is 13.5. The largest absolute Gasteiger partial charge is 0.531 e. The van der Waals surface area contributed by atoms with Crippen molar-refractivity contribution in [2.45, 2.75) is 12.8 Å². The van der Waals surface area contributed by atoms with Crippen LogP contribution in [0.15, 0.2) is 28.7 Å². The fourth-order valence-corrected chi connectivity index (χ4v) is 2.38. The summed E-state index contributed by atoms with van der Waals surface area (Å²) in [6.07, 6.45) is -1.37. The normalized spacial score (nSPS) is 18.8. The van der Waals surface area contributed by atoms with Gasteiger partial charge in [-0.1, -0.05) is 39.2 Å². The molecule has 1 unspecified atom stereocenters. The van der Waals surface area contributed by atoms with Crippen LogP contribution in [-0.2, 0) is 20.8 Å². The van der Waals surface area contributed by atoms with Crippen LogP contribution in [0.25, 0.3) is 0 Å². The lowest BCUT2D eigenvalue weighted by Crippen LogP contribution is -2.33. The SMILES string of the molecule is O=C(O)ON1C(=O)CC(Cc2ccccc2Br)C1=O. The van der Waals surface area contributed by atoms with E-state index in [1.54, 1.807) is 0 Å². The number of hydrogen-bond acceptors (Lipinski definition) is 4. The minimum Gasteiger partial charge on any atom is -0.448 e. The van der Waals surface area contributed by atoms with Gasteiger partial charge in [0.15, 0.2) is 0 Å². The van der Waals surface area contributed by atoms with Gasteiger partial charge in [0, 0.05) is 10.9 Å². The summed E-state index contributed by atoms with van der Waals surface area (Å²) >= 11 is 3.36. The van der Waals surface area contributed by atoms with E-state index in [1.165, 1.54) is 0 Å². The number of amides is 2. The van der Waals surface area contributed by atoms with Crippen molar-refractivity contribution in [2.75, 3.05) is 0 Å². The standard InChI is InChI=1S/C12H10BrNO5/c13-9-4-2-1-3-7(9)5-8-6-10(15)14(11(8)16)19-12(17)18/h1-4,8H,5-6H2,(H,17,18). The fraction of sp³-hybridized carbons (Fsp3) is 0.250. The molecule has 1 heterocycles. The van der Waals surface area contributed by atoms with E-state index in [1.807, 2.05) is 24.3 Å². The van der Waals surface area contributed by atoms with E-state index in [0.717, 1.165) is 10.0 Å². The van der Waals surface area contributed by atoms with Gasteiger partial charge in [-0.3, -0.25) is 14.4 Å². The molecule has 0 bridgehead atoms. The van der Waals surface area contributed by atoms with Crippen LogP contribution in [0.4, 0.5) is 4.79 Å². The second-order valence-electron chi connectivity index (χ2n) is 4.08. The number of imide groups is 1. The molecule has 0 aromatic heterocycles. The van der Waals surface area contributed by atoms with Crippen LogP contribution < -0.4 is 0 Å². The highest BCUT2D eigenvalue weighted by atomic mass is 79.9. The second-order valence-corrected chi connectivity index (χ2v) is 4.93. The highest BCUT2D eigenvalue weighted by Crippen LogP contribution is 2.27. The van der Waals surface area contributed by atoms with Gasteiger partial charge in [0.05, 0.1) is 5.92 Å². The van der Waals surface area contributed by atoms with Gasteiger partial charge in [-0.05, 0) is 18.1 Å². The van der Waals surface area contributed by atoms with E-state index in [9.17, 15) is 14.4 Å². The first-order chi connectivity index (χ1) is 8.99. The zero-order chi connectivity index (χ0) is 14.0. The van der Waals surface area contributed by atoms with Gasteiger partial charge in [0.2, 0.25) is 0 Å². The van der Waals surface area contributed by atoms with E-state index in [0.29, 0.717) is 11.5 Å². The molecular formula is C12H10BrNO5. The topological polar surface area (TPSA) is 83.9 Å². The van der Waals surface area contributed by atoms with Crippen molar-refractivity contribution in [3.63, 3.8) is 0 Å². The number of hydrogen-bond donors (Lipinski definition) is 1. The summed E-state index contributed by atoms with van der Waals surface area (Å²) in [5.41, 5.74) is 0.880. The Labute approximate surface area is 117 Å². The molecule has 0 aliphatic carbocycles. The summed E-state index contributed by atoms with van der Waals surface area (Å²) < 4.78 is 0.841. The Bertz CT molecular complexity index is 545. The number of rotatable bonds is 3. The van der Waals surface area contributed by atoms with Crippen molar-refractivity contribution in [1.82, 2.24) is 5.06 Å². The predicted molar refractivity (Wildman–Crippen MR) is 66.9 cm³/mol. The van der Waals surface area contributed by atoms with Crippen molar-refractivity contribution in [1.29, 1.82) is 0 Å². The highest BCUT2D eigenvalue weighted by molar-refractivity contribution is 9.10. The average Bonchev–Trinajstić information content (AvgIpc) is 2.60. The molecule has 100 valence electrons. The summed E-state index contributed by atoms with van der Waals surface area (Å²) in [6.45, 7) is 0. The van der Waals surface area contributed by atoms with Crippen LogP contribution in [0, 0.1) is 5.92 Å². The Kier molecular flexibility index (Phi) is 3.84. The summed E-state index contributed by atoms with van der Waals surface area (Å²) in [7, 11) is 0. The molecule has 2 amide bonds. The van der Waals surface area contributed by atoms with Gasteiger partial charge < -0.3 is 5.11 Å². The Morgan fingerprint density at radius 2 is 2.11 bits per heavy atom. The van der Waals surface area contributed by atoms with E-state index in [2.05, 4.69) is 20.8 Å². The third-order valence-electron chi connectivity index (χ3n) is 2.79. The maximum atomic E-state index is 11.9. The lowest BCUT2D eigenvalue weighted by atomic mass is 9.98. The molecule has 1 aromatic carbocycles. The number of hydroxylamine groups is 2. The van der Waals surface area contributed by atoms with Crippen molar-refractivity contribution < 1.29 is 24.3 Å². The molecule has 6 nitrogen and oxygen atoms in total. The summed E-state index contributed by atoms with van der Waals surface area (Å²) in [5.74, 6) is -1.85. The monoisotopic (exact) mass is 327 g/mol. The van der Waals surface area contributed by atoms with Gasteiger partial charge in [-0.2, -0.15) is 0 Å². The predicted octanol–water partition coefficient (Wildman–Crippen LogP) is 1.98. The lowest BCUT2D eigenvalue weighted by Gasteiger charge is -2.11. The highest BCUT2D eigenvalue weighted by Gasteiger charge is 2.41. The molecule has 1 saturated heterocycles. The Hall–Kier alpha value is -1.89. The van der Waals surface area contributed by atoms with E-state index >= 15 is 0 Å². The quantitative estimate of drug-likeness (QED) is 0.858. The first-order valence-electron chi connectivity index (χ1n) is 5.50. The van der Waals surface area contributed by atoms with Crippen molar-refractivity contribution in [3.05, 3.63) is 34.3 Å². The number of benzene rings is 1. The second kappa shape index (κ2) is 5.40.